The van der Waals surface area contributed by atoms with Gasteiger partial charge in [0.25, 0.3) is 0 Å². The van der Waals surface area contributed by atoms with Crippen molar-refractivity contribution in [1.82, 2.24) is 0 Å². The Morgan fingerprint density at radius 3 is 2.78 bits per heavy atom. The molecule has 0 radical (unpaired) electrons. The molecule has 0 saturated carbocycles. The average Bonchev–Trinajstić information content (AvgIpc) is 2.37. The molecule has 0 aromatic heterocycles. The first kappa shape index (κ1) is 11.0. The number of esters is 1. The van der Waals surface area contributed by atoms with Crippen LogP contribution >= 0.6 is 0 Å². The predicted octanol–water partition coefficient (Wildman–Crippen LogP) is 3.18. The van der Waals surface area contributed by atoms with Gasteiger partial charge in [-0.25, -0.2) is 0 Å². The van der Waals surface area contributed by atoms with Gasteiger partial charge in [0.15, 0.2) is 6.10 Å². The number of benzene rings is 2. The maximum Gasteiger partial charge on any atom is 0.311 e. The van der Waals surface area contributed by atoms with Crippen LogP contribution in [0.25, 0.3) is 0 Å². The molecule has 2 heteroatoms. The van der Waals surface area contributed by atoms with Gasteiger partial charge in [-0.3, -0.25) is 4.79 Å². The Balaban J connectivity index is 2.10. The molecule has 2 aromatic carbocycles. The van der Waals surface area contributed by atoms with E-state index in [9.17, 15) is 4.79 Å². The molecule has 0 amide bonds. The van der Waals surface area contributed by atoms with E-state index in [0.717, 1.165) is 16.7 Å². The van der Waals surface area contributed by atoms with Gasteiger partial charge < -0.3 is 4.74 Å². The molecule has 0 aliphatic carbocycles. The normalized spacial score (nSPS) is 18.1. The summed E-state index contributed by atoms with van der Waals surface area (Å²) in [6.07, 6.45) is 0.112. The van der Waals surface area contributed by atoms with Crippen molar-refractivity contribution in [2.45, 2.75) is 19.4 Å². The quantitative estimate of drug-likeness (QED) is 0.713. The lowest BCUT2D eigenvalue weighted by atomic mass is 9.92. The monoisotopic (exact) mass is 238 g/mol. The molecule has 0 unspecified atom stereocenters. The number of cyclic esters (lactones) is 1. The van der Waals surface area contributed by atoms with Crippen molar-refractivity contribution < 1.29 is 9.53 Å². The molecule has 1 aliphatic heterocycles. The van der Waals surface area contributed by atoms with Crippen LogP contribution in [0.1, 0.15) is 28.4 Å². The first-order valence-electron chi connectivity index (χ1n) is 6.08. The van der Waals surface area contributed by atoms with Crippen molar-refractivity contribution in [1.29, 1.82) is 0 Å². The third-order valence-electron chi connectivity index (χ3n) is 3.27. The molecule has 0 spiro atoms. The Bertz CT molecular complexity index is 602. The SMILES string of the molecule is Cc1cccc([C@H]2OC(=O)Cc3ccccc32)c1. The standard InChI is InChI=1S/C16H14O2/c1-11-5-4-7-13(9-11)16-14-8-3-2-6-12(14)10-15(17)18-16/h2-9,16H,10H2,1H3/t16-/m1/s1. The van der Waals surface area contributed by atoms with E-state index in [1.54, 1.807) is 0 Å². The average molecular weight is 238 g/mol. The van der Waals surface area contributed by atoms with Crippen molar-refractivity contribution in [2.75, 3.05) is 0 Å². The summed E-state index contributed by atoms with van der Waals surface area (Å²) in [7, 11) is 0. The van der Waals surface area contributed by atoms with Gasteiger partial charge in [0, 0.05) is 5.56 Å². The van der Waals surface area contributed by atoms with Crippen LogP contribution in [0.3, 0.4) is 0 Å². The summed E-state index contributed by atoms with van der Waals surface area (Å²) in [6.45, 7) is 2.04. The zero-order valence-electron chi connectivity index (χ0n) is 10.2. The van der Waals surface area contributed by atoms with E-state index in [2.05, 4.69) is 6.07 Å². The van der Waals surface area contributed by atoms with E-state index in [-0.39, 0.29) is 12.1 Å². The largest absolute Gasteiger partial charge is 0.452 e. The van der Waals surface area contributed by atoms with Crippen molar-refractivity contribution >= 4 is 5.97 Å². The lowest BCUT2D eigenvalue weighted by Gasteiger charge is -2.26. The van der Waals surface area contributed by atoms with Gasteiger partial charge >= 0.3 is 5.97 Å². The predicted molar refractivity (Wildman–Crippen MR) is 69.3 cm³/mol. The van der Waals surface area contributed by atoms with Crippen molar-refractivity contribution in [3.05, 3.63) is 70.8 Å². The van der Waals surface area contributed by atoms with E-state index in [1.165, 1.54) is 5.56 Å². The highest BCUT2D eigenvalue weighted by atomic mass is 16.5. The van der Waals surface area contributed by atoms with Crippen molar-refractivity contribution in [2.24, 2.45) is 0 Å². The molecule has 18 heavy (non-hydrogen) atoms. The van der Waals surface area contributed by atoms with E-state index in [4.69, 9.17) is 4.74 Å². The molecule has 2 aromatic rings. The number of carbonyl (C=O) groups excluding carboxylic acids is 1. The van der Waals surface area contributed by atoms with Crippen LogP contribution in [0, 0.1) is 6.92 Å². The smallest absolute Gasteiger partial charge is 0.311 e. The molecule has 0 saturated heterocycles. The lowest BCUT2D eigenvalue weighted by molar-refractivity contribution is -0.148. The molecule has 3 rings (SSSR count). The van der Waals surface area contributed by atoms with Crippen LogP contribution < -0.4 is 0 Å². The summed E-state index contributed by atoms with van der Waals surface area (Å²) < 4.78 is 5.51. The zero-order valence-corrected chi connectivity index (χ0v) is 10.2. The summed E-state index contributed by atoms with van der Waals surface area (Å²) in [6, 6.07) is 16.1. The summed E-state index contributed by atoms with van der Waals surface area (Å²) in [5.41, 5.74) is 4.38. The fraction of sp³-hybridized carbons (Fsp3) is 0.188. The highest BCUT2D eigenvalue weighted by Gasteiger charge is 2.27. The van der Waals surface area contributed by atoms with Crippen LogP contribution in [0.5, 0.6) is 0 Å². The highest BCUT2D eigenvalue weighted by molar-refractivity contribution is 5.76. The number of fused-ring (bicyclic) bond motifs is 1. The molecular formula is C16H14O2. The fourth-order valence-corrected chi connectivity index (χ4v) is 2.42. The second-order valence-electron chi connectivity index (χ2n) is 4.66. The number of carbonyl (C=O) groups is 1. The van der Waals surface area contributed by atoms with E-state index < -0.39 is 0 Å². The van der Waals surface area contributed by atoms with Crippen LogP contribution in [-0.4, -0.2) is 5.97 Å². The highest BCUT2D eigenvalue weighted by Crippen LogP contribution is 2.33. The molecule has 0 N–H and O–H groups in total. The van der Waals surface area contributed by atoms with Crippen molar-refractivity contribution in [3.63, 3.8) is 0 Å². The fourth-order valence-electron chi connectivity index (χ4n) is 2.42. The molecule has 0 fully saturated rings. The Morgan fingerprint density at radius 1 is 1.11 bits per heavy atom. The lowest BCUT2D eigenvalue weighted by Crippen LogP contribution is -2.22. The van der Waals surface area contributed by atoms with Gasteiger partial charge in [-0.05, 0) is 18.1 Å². The van der Waals surface area contributed by atoms with E-state index >= 15 is 0 Å². The molecule has 2 nitrogen and oxygen atoms in total. The summed E-state index contributed by atoms with van der Waals surface area (Å²) in [5, 5.41) is 0. The second kappa shape index (κ2) is 4.30. The third kappa shape index (κ3) is 1.90. The first-order chi connectivity index (χ1) is 8.74. The maximum atomic E-state index is 11.7. The van der Waals surface area contributed by atoms with Crippen LogP contribution in [0.15, 0.2) is 48.5 Å². The molecular weight excluding hydrogens is 224 g/mol. The van der Waals surface area contributed by atoms with Gasteiger partial charge in [0.1, 0.15) is 0 Å². The number of aryl methyl sites for hydroxylation is 1. The minimum atomic E-state index is -0.262. The van der Waals surface area contributed by atoms with Gasteiger partial charge in [-0.2, -0.15) is 0 Å². The molecule has 1 atom stereocenters. The van der Waals surface area contributed by atoms with Crippen LogP contribution in [0.4, 0.5) is 0 Å². The number of rotatable bonds is 1. The van der Waals surface area contributed by atoms with Gasteiger partial charge in [-0.1, -0.05) is 54.1 Å². The Labute approximate surface area is 106 Å². The molecule has 1 heterocycles. The maximum absolute atomic E-state index is 11.7. The number of ether oxygens (including phenoxy) is 1. The summed E-state index contributed by atoms with van der Waals surface area (Å²) in [4.78, 5) is 11.7. The van der Waals surface area contributed by atoms with Gasteiger partial charge in [-0.15, -0.1) is 0 Å². The number of hydrogen-bond acceptors (Lipinski definition) is 2. The van der Waals surface area contributed by atoms with Gasteiger partial charge in [0.2, 0.25) is 0 Å². The second-order valence-corrected chi connectivity index (χ2v) is 4.66. The third-order valence-corrected chi connectivity index (χ3v) is 3.27. The number of hydrogen-bond donors (Lipinski definition) is 0. The minimum Gasteiger partial charge on any atom is -0.452 e. The van der Waals surface area contributed by atoms with Crippen LogP contribution in [-0.2, 0) is 16.0 Å². The molecule has 90 valence electrons. The Morgan fingerprint density at radius 2 is 1.94 bits per heavy atom. The van der Waals surface area contributed by atoms with Crippen molar-refractivity contribution in [3.8, 4) is 0 Å². The summed E-state index contributed by atoms with van der Waals surface area (Å²) in [5.74, 6) is -0.153. The topological polar surface area (TPSA) is 26.3 Å². The Hall–Kier alpha value is -2.09. The Kier molecular flexibility index (Phi) is 2.63. The summed E-state index contributed by atoms with van der Waals surface area (Å²) >= 11 is 0. The van der Waals surface area contributed by atoms with E-state index in [1.807, 2.05) is 49.4 Å². The van der Waals surface area contributed by atoms with Crippen LogP contribution in [0.2, 0.25) is 0 Å². The van der Waals surface area contributed by atoms with E-state index in [0.29, 0.717) is 6.42 Å². The zero-order chi connectivity index (χ0) is 12.5. The van der Waals surface area contributed by atoms with Gasteiger partial charge in [0.05, 0.1) is 6.42 Å². The minimum absolute atomic E-state index is 0.153. The molecule has 1 aliphatic rings. The molecule has 0 bridgehead atoms. The first-order valence-corrected chi connectivity index (χ1v) is 6.08.